The smallest absolute Gasteiger partial charge is 0.263 e. The van der Waals surface area contributed by atoms with E-state index in [-0.39, 0.29) is 23.0 Å². The molecule has 138 valence electrons. The fourth-order valence-corrected chi connectivity index (χ4v) is 4.19. The van der Waals surface area contributed by atoms with E-state index >= 15 is 0 Å². The number of rotatable bonds is 7. The number of aromatic nitrogens is 2. The van der Waals surface area contributed by atoms with Crippen LogP contribution < -0.4 is 10.9 Å². The molecule has 0 aliphatic rings. The van der Waals surface area contributed by atoms with Crippen molar-refractivity contribution in [3.05, 3.63) is 64.3 Å². The molecule has 1 amide bonds. The Balaban J connectivity index is 1.78. The molecule has 1 N–H and O–H groups in total. The van der Waals surface area contributed by atoms with Gasteiger partial charge in [-0.15, -0.1) is 17.9 Å². The predicted molar refractivity (Wildman–Crippen MR) is 110 cm³/mol. The first-order chi connectivity index (χ1) is 13.0. The summed E-state index contributed by atoms with van der Waals surface area (Å²) < 4.78 is 1.53. The highest BCUT2D eigenvalue weighted by molar-refractivity contribution is 7.99. The molecule has 0 spiro atoms. The molecule has 0 bridgehead atoms. The number of Topliss-reactive ketones (excluding diaryl/α,β-unsaturated/α-hetero) is 1. The Morgan fingerprint density at radius 3 is 2.70 bits per heavy atom. The summed E-state index contributed by atoms with van der Waals surface area (Å²) in [5, 5.41) is 5.56. The first-order valence-corrected chi connectivity index (χ1v) is 9.98. The lowest BCUT2D eigenvalue weighted by Gasteiger charge is -2.10. The van der Waals surface area contributed by atoms with E-state index in [1.54, 1.807) is 36.4 Å². The van der Waals surface area contributed by atoms with Gasteiger partial charge in [0, 0.05) is 24.7 Å². The molecule has 1 aromatic carbocycles. The second-order valence-corrected chi connectivity index (χ2v) is 7.55. The second-order valence-electron chi connectivity index (χ2n) is 5.71. The highest BCUT2D eigenvalue weighted by atomic mass is 32.2. The molecule has 6 nitrogen and oxygen atoms in total. The highest BCUT2D eigenvalue weighted by Crippen LogP contribution is 2.22. The lowest BCUT2D eigenvalue weighted by atomic mass is 10.1. The number of carbonyl (C=O) groups is 2. The van der Waals surface area contributed by atoms with Gasteiger partial charge in [0.2, 0.25) is 5.91 Å². The molecule has 0 saturated carbocycles. The van der Waals surface area contributed by atoms with Crippen LogP contribution in [0, 0.1) is 0 Å². The summed E-state index contributed by atoms with van der Waals surface area (Å²) >= 11 is 2.63. The average Bonchev–Trinajstić information content (AvgIpc) is 3.11. The van der Waals surface area contributed by atoms with Gasteiger partial charge in [0.1, 0.15) is 4.83 Å². The Kier molecular flexibility index (Phi) is 5.88. The third-order valence-corrected chi connectivity index (χ3v) is 5.50. The molecule has 0 aliphatic heterocycles. The van der Waals surface area contributed by atoms with Crippen molar-refractivity contribution in [1.82, 2.24) is 9.55 Å². The average molecular weight is 399 g/mol. The molecule has 0 unspecified atom stereocenters. The zero-order chi connectivity index (χ0) is 19.4. The molecule has 0 aliphatic carbocycles. The van der Waals surface area contributed by atoms with E-state index in [1.807, 2.05) is 5.38 Å². The number of hydrogen-bond donors (Lipinski definition) is 1. The number of anilines is 1. The molecular weight excluding hydrogens is 382 g/mol. The van der Waals surface area contributed by atoms with Crippen molar-refractivity contribution >= 4 is 50.7 Å². The van der Waals surface area contributed by atoms with Crippen LogP contribution in [-0.4, -0.2) is 27.0 Å². The van der Waals surface area contributed by atoms with Crippen molar-refractivity contribution in [3.8, 4) is 0 Å². The largest absolute Gasteiger partial charge is 0.326 e. The quantitative estimate of drug-likeness (QED) is 0.284. The van der Waals surface area contributed by atoms with Crippen LogP contribution in [0.5, 0.6) is 0 Å². The van der Waals surface area contributed by atoms with E-state index in [4.69, 9.17) is 0 Å². The molecular formula is C19H17N3O3S2. The molecule has 3 aromatic rings. The van der Waals surface area contributed by atoms with Crippen molar-refractivity contribution < 1.29 is 9.59 Å². The fraction of sp³-hybridized carbons (Fsp3) is 0.158. The molecule has 0 radical (unpaired) electrons. The minimum absolute atomic E-state index is 0.0833. The van der Waals surface area contributed by atoms with Gasteiger partial charge in [-0.1, -0.05) is 17.8 Å². The zero-order valence-corrected chi connectivity index (χ0v) is 16.2. The Labute approximate surface area is 163 Å². The van der Waals surface area contributed by atoms with Gasteiger partial charge >= 0.3 is 0 Å². The Morgan fingerprint density at radius 1 is 1.30 bits per heavy atom. The summed E-state index contributed by atoms with van der Waals surface area (Å²) in [4.78, 5) is 41.3. The van der Waals surface area contributed by atoms with Gasteiger partial charge in [0.15, 0.2) is 10.9 Å². The minimum atomic E-state index is -0.167. The van der Waals surface area contributed by atoms with E-state index in [1.165, 1.54) is 34.6 Å². The van der Waals surface area contributed by atoms with Crippen molar-refractivity contribution in [3.63, 3.8) is 0 Å². The third kappa shape index (κ3) is 4.35. The second kappa shape index (κ2) is 8.32. The summed E-state index contributed by atoms with van der Waals surface area (Å²) in [7, 11) is 0. The van der Waals surface area contributed by atoms with Crippen LogP contribution in [0.25, 0.3) is 10.2 Å². The number of benzene rings is 1. The van der Waals surface area contributed by atoms with Crippen LogP contribution in [0.15, 0.2) is 58.3 Å². The van der Waals surface area contributed by atoms with Gasteiger partial charge in [0.25, 0.3) is 5.56 Å². The molecule has 0 atom stereocenters. The molecule has 0 saturated heterocycles. The summed E-state index contributed by atoms with van der Waals surface area (Å²) in [6, 6.07) is 8.46. The first-order valence-electron chi connectivity index (χ1n) is 8.12. The van der Waals surface area contributed by atoms with Gasteiger partial charge in [0.05, 0.1) is 11.1 Å². The van der Waals surface area contributed by atoms with E-state index in [0.29, 0.717) is 33.2 Å². The van der Waals surface area contributed by atoms with Crippen LogP contribution >= 0.6 is 23.1 Å². The van der Waals surface area contributed by atoms with Gasteiger partial charge in [-0.05, 0) is 35.7 Å². The van der Waals surface area contributed by atoms with Crippen LogP contribution in [0.3, 0.4) is 0 Å². The number of ketones is 1. The van der Waals surface area contributed by atoms with Crippen LogP contribution in [-0.2, 0) is 11.3 Å². The normalized spacial score (nSPS) is 10.7. The first kappa shape index (κ1) is 19.1. The van der Waals surface area contributed by atoms with E-state index in [2.05, 4.69) is 16.9 Å². The molecule has 2 heterocycles. The van der Waals surface area contributed by atoms with Crippen molar-refractivity contribution in [2.24, 2.45) is 0 Å². The third-order valence-electron chi connectivity index (χ3n) is 3.72. The minimum Gasteiger partial charge on any atom is -0.326 e. The Bertz CT molecular complexity index is 1070. The standard InChI is InChI=1S/C19H17N3O3S2/c1-3-9-22-18(25)15-8-10-26-17(15)21-19(22)27-11-16(24)13-4-6-14(7-5-13)20-12(2)23/h3-8,10H,1,9,11H2,2H3,(H,20,23). The molecule has 8 heteroatoms. The highest BCUT2D eigenvalue weighted by Gasteiger charge is 2.14. The Hall–Kier alpha value is -2.71. The number of fused-ring (bicyclic) bond motifs is 1. The molecule has 3 rings (SSSR count). The maximum atomic E-state index is 12.6. The maximum absolute atomic E-state index is 12.6. The summed E-state index contributed by atoms with van der Waals surface area (Å²) in [5.41, 5.74) is 1.04. The number of nitrogens with one attached hydrogen (secondary N) is 1. The van der Waals surface area contributed by atoms with Crippen molar-refractivity contribution in [2.75, 3.05) is 11.1 Å². The predicted octanol–water partition coefficient (Wildman–Crippen LogP) is 3.58. The number of nitrogens with zero attached hydrogens (tertiary/aromatic N) is 2. The summed E-state index contributed by atoms with van der Waals surface area (Å²) in [6.45, 7) is 5.45. The van der Waals surface area contributed by atoms with Crippen molar-refractivity contribution in [2.45, 2.75) is 18.6 Å². The lowest BCUT2D eigenvalue weighted by molar-refractivity contribution is -0.114. The number of thioether (sulfide) groups is 1. The van der Waals surface area contributed by atoms with Crippen molar-refractivity contribution in [1.29, 1.82) is 0 Å². The van der Waals surface area contributed by atoms with E-state index < -0.39 is 0 Å². The van der Waals surface area contributed by atoms with Gasteiger partial charge in [-0.3, -0.25) is 19.0 Å². The Morgan fingerprint density at radius 2 is 2.04 bits per heavy atom. The van der Waals surface area contributed by atoms with Gasteiger partial charge < -0.3 is 5.32 Å². The van der Waals surface area contributed by atoms with Gasteiger partial charge in [-0.25, -0.2) is 4.98 Å². The topological polar surface area (TPSA) is 81.1 Å². The van der Waals surface area contributed by atoms with Crippen LogP contribution in [0.2, 0.25) is 0 Å². The monoisotopic (exact) mass is 399 g/mol. The maximum Gasteiger partial charge on any atom is 0.263 e. The molecule has 0 fully saturated rings. The molecule has 27 heavy (non-hydrogen) atoms. The number of thiophene rings is 1. The van der Waals surface area contributed by atoms with E-state index in [0.717, 1.165) is 0 Å². The summed E-state index contributed by atoms with van der Waals surface area (Å²) in [5.74, 6) is -0.0973. The van der Waals surface area contributed by atoms with Crippen LogP contribution in [0.4, 0.5) is 5.69 Å². The molecule has 2 aromatic heterocycles. The van der Waals surface area contributed by atoms with Crippen LogP contribution in [0.1, 0.15) is 17.3 Å². The fourth-order valence-electron chi connectivity index (χ4n) is 2.49. The van der Waals surface area contributed by atoms with E-state index in [9.17, 15) is 14.4 Å². The SMILES string of the molecule is C=CCn1c(SCC(=O)c2ccc(NC(C)=O)cc2)nc2sccc2c1=O. The summed E-state index contributed by atoms with van der Waals surface area (Å²) in [6.07, 6.45) is 1.63. The van der Waals surface area contributed by atoms with Gasteiger partial charge in [-0.2, -0.15) is 0 Å². The number of allylic oxidation sites excluding steroid dienone is 1. The number of amides is 1. The number of carbonyl (C=O) groups excluding carboxylic acids is 2. The lowest BCUT2D eigenvalue weighted by Crippen LogP contribution is -2.22. The zero-order valence-electron chi connectivity index (χ0n) is 14.6. The number of hydrogen-bond acceptors (Lipinski definition) is 6.